The number of carbonyl (C=O) groups excluding carboxylic acids is 2. The van der Waals surface area contributed by atoms with Gasteiger partial charge in [-0.3, -0.25) is 9.59 Å². The van der Waals surface area contributed by atoms with E-state index in [0.717, 1.165) is 5.69 Å². The van der Waals surface area contributed by atoms with E-state index in [0.29, 0.717) is 28.4 Å². The molecule has 0 bridgehead atoms. The molecule has 0 radical (unpaired) electrons. The number of thioether (sulfide) groups is 1. The van der Waals surface area contributed by atoms with Crippen LogP contribution in [-0.4, -0.2) is 48.5 Å². The number of benzene rings is 2. The van der Waals surface area contributed by atoms with E-state index < -0.39 is 6.04 Å². The lowest BCUT2D eigenvalue weighted by atomic mass is 10.1. The highest BCUT2D eigenvalue weighted by Crippen LogP contribution is 2.25. The zero-order valence-corrected chi connectivity index (χ0v) is 16.0. The van der Waals surface area contributed by atoms with E-state index >= 15 is 0 Å². The maximum absolute atomic E-state index is 13.0. The normalized spacial score (nSPS) is 15.9. The Bertz CT molecular complexity index is 890. The topological polar surface area (TPSA) is 76.4 Å². The Morgan fingerprint density at radius 3 is 2.63 bits per heavy atom. The SMILES string of the molecule is CN(C)c1cccc(C(=O)N2CSCC2C(=O)Nc2ccc(C#N)cc2)c1. The molecular formula is C20H20N4O2S. The van der Waals surface area contributed by atoms with Crippen molar-refractivity contribution in [1.82, 2.24) is 4.90 Å². The second-order valence-electron chi connectivity index (χ2n) is 6.41. The highest BCUT2D eigenvalue weighted by Gasteiger charge is 2.35. The van der Waals surface area contributed by atoms with E-state index in [2.05, 4.69) is 5.32 Å². The Labute approximate surface area is 162 Å². The van der Waals surface area contributed by atoms with Gasteiger partial charge in [-0.2, -0.15) is 5.26 Å². The molecule has 1 N–H and O–H groups in total. The minimum absolute atomic E-state index is 0.149. The summed E-state index contributed by atoms with van der Waals surface area (Å²) in [5.74, 6) is 0.669. The fourth-order valence-corrected chi connectivity index (χ4v) is 3.95. The van der Waals surface area contributed by atoms with Crippen LogP contribution in [0.15, 0.2) is 48.5 Å². The molecule has 138 valence electrons. The number of nitrogens with zero attached hydrogens (tertiary/aromatic N) is 3. The van der Waals surface area contributed by atoms with Gasteiger partial charge in [-0.05, 0) is 42.5 Å². The zero-order valence-electron chi connectivity index (χ0n) is 15.2. The van der Waals surface area contributed by atoms with Crippen molar-refractivity contribution >= 4 is 35.0 Å². The number of hydrogen-bond acceptors (Lipinski definition) is 5. The summed E-state index contributed by atoms with van der Waals surface area (Å²) in [7, 11) is 3.84. The van der Waals surface area contributed by atoms with Gasteiger partial charge in [0.25, 0.3) is 5.91 Å². The summed E-state index contributed by atoms with van der Waals surface area (Å²) in [6, 6.07) is 15.6. The quantitative estimate of drug-likeness (QED) is 0.883. The fraction of sp³-hybridized carbons (Fsp3) is 0.250. The van der Waals surface area contributed by atoms with Crippen LogP contribution in [0, 0.1) is 11.3 Å². The van der Waals surface area contributed by atoms with E-state index in [-0.39, 0.29) is 11.8 Å². The number of carbonyl (C=O) groups is 2. The van der Waals surface area contributed by atoms with E-state index in [1.54, 1.807) is 47.0 Å². The molecule has 1 fully saturated rings. The summed E-state index contributed by atoms with van der Waals surface area (Å²) >= 11 is 1.56. The van der Waals surface area contributed by atoms with Gasteiger partial charge in [0.05, 0.1) is 17.5 Å². The van der Waals surface area contributed by atoms with Crippen LogP contribution < -0.4 is 10.2 Å². The van der Waals surface area contributed by atoms with E-state index in [4.69, 9.17) is 5.26 Å². The van der Waals surface area contributed by atoms with Gasteiger partial charge in [0.1, 0.15) is 6.04 Å². The molecule has 2 aromatic carbocycles. The monoisotopic (exact) mass is 380 g/mol. The molecule has 0 spiro atoms. The second-order valence-corrected chi connectivity index (χ2v) is 7.41. The Kier molecular flexibility index (Phi) is 5.67. The van der Waals surface area contributed by atoms with Gasteiger partial charge in [0.15, 0.2) is 0 Å². The lowest BCUT2D eigenvalue weighted by Gasteiger charge is -2.24. The first-order chi connectivity index (χ1) is 13.0. The first-order valence-electron chi connectivity index (χ1n) is 8.46. The predicted molar refractivity (Wildman–Crippen MR) is 108 cm³/mol. The van der Waals surface area contributed by atoms with Crippen molar-refractivity contribution in [3.8, 4) is 6.07 Å². The van der Waals surface area contributed by atoms with Crippen LogP contribution in [0.5, 0.6) is 0 Å². The van der Waals surface area contributed by atoms with Gasteiger partial charge in [-0.15, -0.1) is 11.8 Å². The van der Waals surface area contributed by atoms with Crippen molar-refractivity contribution in [1.29, 1.82) is 5.26 Å². The van der Waals surface area contributed by atoms with Crippen LogP contribution in [0.1, 0.15) is 15.9 Å². The zero-order chi connectivity index (χ0) is 19.4. The van der Waals surface area contributed by atoms with Crippen molar-refractivity contribution in [2.24, 2.45) is 0 Å². The number of nitrogens with one attached hydrogen (secondary N) is 1. The summed E-state index contributed by atoms with van der Waals surface area (Å²) < 4.78 is 0. The van der Waals surface area contributed by atoms with E-state index in [1.165, 1.54) is 0 Å². The molecule has 0 saturated carbocycles. The lowest BCUT2D eigenvalue weighted by molar-refractivity contribution is -0.119. The molecule has 0 aromatic heterocycles. The Hall–Kier alpha value is -2.98. The molecule has 27 heavy (non-hydrogen) atoms. The molecular weight excluding hydrogens is 360 g/mol. The number of nitriles is 1. The van der Waals surface area contributed by atoms with Crippen LogP contribution in [0.25, 0.3) is 0 Å². The molecule has 1 unspecified atom stereocenters. The Morgan fingerprint density at radius 2 is 1.96 bits per heavy atom. The third kappa shape index (κ3) is 4.23. The molecule has 1 aliphatic heterocycles. The van der Waals surface area contributed by atoms with Crippen molar-refractivity contribution in [3.05, 3.63) is 59.7 Å². The van der Waals surface area contributed by atoms with Gasteiger partial charge in [-0.1, -0.05) is 6.07 Å². The van der Waals surface area contributed by atoms with Crippen molar-refractivity contribution in [3.63, 3.8) is 0 Å². The van der Waals surface area contributed by atoms with Gasteiger partial charge >= 0.3 is 0 Å². The Balaban J connectivity index is 1.74. The summed E-state index contributed by atoms with van der Waals surface area (Å²) in [5, 5.41) is 11.7. The van der Waals surface area contributed by atoms with Gasteiger partial charge in [0, 0.05) is 36.8 Å². The molecule has 3 rings (SSSR count). The minimum atomic E-state index is -0.527. The molecule has 1 atom stereocenters. The molecule has 2 aromatic rings. The number of amides is 2. The summed E-state index contributed by atoms with van der Waals surface area (Å²) in [4.78, 5) is 29.2. The molecule has 7 heteroatoms. The Morgan fingerprint density at radius 1 is 1.22 bits per heavy atom. The minimum Gasteiger partial charge on any atom is -0.378 e. The highest BCUT2D eigenvalue weighted by molar-refractivity contribution is 7.99. The van der Waals surface area contributed by atoms with E-state index in [1.807, 2.05) is 43.3 Å². The van der Waals surface area contributed by atoms with Crippen LogP contribution in [0.4, 0.5) is 11.4 Å². The van der Waals surface area contributed by atoms with Gasteiger partial charge in [-0.25, -0.2) is 0 Å². The second kappa shape index (κ2) is 8.14. The fourth-order valence-electron chi connectivity index (χ4n) is 2.80. The van der Waals surface area contributed by atoms with Gasteiger partial charge in [0.2, 0.25) is 5.91 Å². The first kappa shape index (κ1) is 18.8. The van der Waals surface area contributed by atoms with E-state index in [9.17, 15) is 9.59 Å². The third-order valence-electron chi connectivity index (χ3n) is 4.34. The maximum atomic E-state index is 13.0. The molecule has 6 nitrogen and oxygen atoms in total. The van der Waals surface area contributed by atoms with Crippen LogP contribution in [0.3, 0.4) is 0 Å². The summed E-state index contributed by atoms with van der Waals surface area (Å²) in [6.45, 7) is 0. The van der Waals surface area contributed by atoms with Gasteiger partial charge < -0.3 is 15.1 Å². The molecule has 1 heterocycles. The van der Waals surface area contributed by atoms with Crippen molar-refractivity contribution < 1.29 is 9.59 Å². The highest BCUT2D eigenvalue weighted by atomic mass is 32.2. The standard InChI is InChI=1S/C20H20N4O2S/c1-23(2)17-5-3-4-15(10-17)20(26)24-13-27-12-18(24)19(25)22-16-8-6-14(11-21)7-9-16/h3-10,18H,12-13H2,1-2H3,(H,22,25). The predicted octanol–water partition coefficient (Wildman–Crippen LogP) is 2.78. The number of anilines is 2. The third-order valence-corrected chi connectivity index (χ3v) is 5.35. The smallest absolute Gasteiger partial charge is 0.255 e. The summed E-state index contributed by atoms with van der Waals surface area (Å²) in [5.41, 5.74) is 2.64. The van der Waals surface area contributed by atoms with Crippen LogP contribution in [-0.2, 0) is 4.79 Å². The number of rotatable bonds is 4. The maximum Gasteiger partial charge on any atom is 0.255 e. The number of hydrogen-bond donors (Lipinski definition) is 1. The molecule has 2 amide bonds. The van der Waals surface area contributed by atoms with Crippen molar-refractivity contribution in [2.75, 3.05) is 35.9 Å². The average Bonchev–Trinajstić information content (AvgIpc) is 3.18. The molecule has 0 aliphatic carbocycles. The molecule has 1 aliphatic rings. The van der Waals surface area contributed by atoms with Crippen LogP contribution in [0.2, 0.25) is 0 Å². The van der Waals surface area contributed by atoms with Crippen LogP contribution >= 0.6 is 11.8 Å². The van der Waals surface area contributed by atoms with Crippen molar-refractivity contribution in [2.45, 2.75) is 6.04 Å². The summed E-state index contributed by atoms with van der Waals surface area (Å²) in [6.07, 6.45) is 0. The first-order valence-corrected chi connectivity index (χ1v) is 9.62. The average molecular weight is 380 g/mol. The molecule has 1 saturated heterocycles. The lowest BCUT2D eigenvalue weighted by Crippen LogP contribution is -2.44. The largest absolute Gasteiger partial charge is 0.378 e.